The third-order valence-electron chi connectivity index (χ3n) is 4.69. The van der Waals surface area contributed by atoms with E-state index in [1.54, 1.807) is 0 Å². The molecule has 2 aliphatic rings. The Hall–Kier alpha value is -1.40. The molecule has 0 spiro atoms. The van der Waals surface area contributed by atoms with Crippen LogP contribution in [-0.2, 0) is 4.74 Å². The van der Waals surface area contributed by atoms with Crippen LogP contribution in [0.1, 0.15) is 31.4 Å². The molecule has 0 atom stereocenters. The zero-order valence-corrected chi connectivity index (χ0v) is 12.8. The number of nitrogens with zero attached hydrogens (tertiary/aromatic N) is 3. The third kappa shape index (κ3) is 3.27. The summed E-state index contributed by atoms with van der Waals surface area (Å²) in [6.45, 7) is 6.63. The van der Waals surface area contributed by atoms with Crippen molar-refractivity contribution in [3.05, 3.63) is 11.8 Å². The minimum atomic E-state index is 0.247. The van der Waals surface area contributed by atoms with Crippen molar-refractivity contribution in [2.45, 2.75) is 38.1 Å². The molecule has 6 nitrogen and oxygen atoms in total. The number of nitrogens with one attached hydrogen (secondary N) is 1. The van der Waals surface area contributed by atoms with Gasteiger partial charge in [0.1, 0.15) is 5.82 Å². The Kier molecular flexibility index (Phi) is 4.26. The van der Waals surface area contributed by atoms with Crippen LogP contribution >= 0.6 is 0 Å². The summed E-state index contributed by atoms with van der Waals surface area (Å²) in [6.07, 6.45) is 5.12. The minimum absolute atomic E-state index is 0.247. The number of hydrogen-bond acceptors (Lipinski definition) is 6. The monoisotopic (exact) mass is 291 g/mol. The van der Waals surface area contributed by atoms with Gasteiger partial charge in [-0.1, -0.05) is 12.8 Å². The molecule has 3 N–H and O–H groups in total. The maximum absolute atomic E-state index is 5.73. The average Bonchev–Trinajstić information content (AvgIpc) is 2.95. The molecule has 116 valence electrons. The molecule has 0 radical (unpaired) electrons. The van der Waals surface area contributed by atoms with E-state index in [0.29, 0.717) is 5.95 Å². The maximum Gasteiger partial charge on any atom is 0.222 e. The summed E-state index contributed by atoms with van der Waals surface area (Å²) in [5, 5.41) is 3.49. The molecule has 0 aromatic carbocycles. The predicted molar refractivity (Wildman–Crippen MR) is 83.3 cm³/mol. The van der Waals surface area contributed by atoms with E-state index in [9.17, 15) is 0 Å². The molecule has 1 saturated carbocycles. The van der Waals surface area contributed by atoms with Crippen molar-refractivity contribution in [2.75, 3.05) is 43.9 Å². The van der Waals surface area contributed by atoms with E-state index in [1.165, 1.54) is 25.7 Å². The molecule has 0 amide bonds. The van der Waals surface area contributed by atoms with Gasteiger partial charge in [-0.15, -0.1) is 0 Å². The molecule has 2 heterocycles. The maximum atomic E-state index is 5.73. The summed E-state index contributed by atoms with van der Waals surface area (Å²) in [7, 11) is 0. The molecule has 1 aliphatic carbocycles. The van der Waals surface area contributed by atoms with E-state index < -0.39 is 0 Å². The van der Waals surface area contributed by atoms with Gasteiger partial charge < -0.3 is 15.8 Å². The summed E-state index contributed by atoms with van der Waals surface area (Å²) in [4.78, 5) is 11.0. The molecule has 1 aliphatic heterocycles. The lowest BCUT2D eigenvalue weighted by Gasteiger charge is -2.43. The Morgan fingerprint density at radius 1 is 1.29 bits per heavy atom. The summed E-state index contributed by atoms with van der Waals surface area (Å²) in [5.41, 5.74) is 6.88. The second-order valence-corrected chi connectivity index (χ2v) is 6.14. The Morgan fingerprint density at radius 3 is 2.67 bits per heavy atom. The highest BCUT2D eigenvalue weighted by Gasteiger charge is 2.39. The first-order chi connectivity index (χ1) is 10.2. The fraction of sp³-hybridized carbons (Fsp3) is 0.733. The summed E-state index contributed by atoms with van der Waals surface area (Å²) < 4.78 is 5.50. The quantitative estimate of drug-likeness (QED) is 0.874. The molecule has 1 aromatic rings. The van der Waals surface area contributed by atoms with E-state index in [4.69, 9.17) is 10.5 Å². The summed E-state index contributed by atoms with van der Waals surface area (Å²) in [5.74, 6) is 1.17. The van der Waals surface area contributed by atoms with Gasteiger partial charge in [-0.3, -0.25) is 4.90 Å². The third-order valence-corrected chi connectivity index (χ3v) is 4.69. The number of nitrogens with two attached hydrogens (primary N) is 1. The number of nitrogen functional groups attached to an aromatic ring is 1. The lowest BCUT2D eigenvalue weighted by molar-refractivity contribution is -0.0160. The van der Waals surface area contributed by atoms with Gasteiger partial charge in [-0.25, -0.2) is 4.98 Å². The van der Waals surface area contributed by atoms with Gasteiger partial charge in [0.05, 0.1) is 13.2 Å². The van der Waals surface area contributed by atoms with E-state index in [1.807, 2.05) is 13.0 Å². The molecule has 3 rings (SSSR count). The molecular weight excluding hydrogens is 266 g/mol. The number of aromatic nitrogens is 2. The normalized spacial score (nSPS) is 22.3. The molecule has 1 aromatic heterocycles. The van der Waals surface area contributed by atoms with E-state index >= 15 is 0 Å². The Balaban J connectivity index is 1.70. The van der Waals surface area contributed by atoms with Crippen molar-refractivity contribution in [1.82, 2.24) is 14.9 Å². The molecular formula is C15H25N5O. The van der Waals surface area contributed by atoms with Gasteiger partial charge >= 0.3 is 0 Å². The number of rotatable bonds is 4. The van der Waals surface area contributed by atoms with Gasteiger partial charge in [-0.05, 0) is 19.8 Å². The topological polar surface area (TPSA) is 76.3 Å². The number of ether oxygens (including phenoxy) is 1. The first kappa shape index (κ1) is 14.5. The van der Waals surface area contributed by atoms with Gasteiger partial charge in [0.25, 0.3) is 0 Å². The largest absolute Gasteiger partial charge is 0.379 e. The van der Waals surface area contributed by atoms with Crippen LogP contribution in [-0.4, -0.2) is 53.3 Å². The van der Waals surface area contributed by atoms with Crippen LogP contribution in [0.4, 0.5) is 11.8 Å². The van der Waals surface area contributed by atoms with Crippen molar-refractivity contribution in [2.24, 2.45) is 0 Å². The highest BCUT2D eigenvalue weighted by molar-refractivity contribution is 5.40. The Morgan fingerprint density at radius 2 is 2.00 bits per heavy atom. The average molecular weight is 291 g/mol. The molecule has 0 bridgehead atoms. The molecule has 0 unspecified atom stereocenters. The summed E-state index contributed by atoms with van der Waals surface area (Å²) >= 11 is 0. The SMILES string of the molecule is Cc1cc(NCC2(N3CCOCC3)CCCC2)nc(N)n1. The van der Waals surface area contributed by atoms with E-state index in [0.717, 1.165) is 44.4 Å². The summed E-state index contributed by atoms with van der Waals surface area (Å²) in [6, 6.07) is 1.96. The Bertz CT molecular complexity index is 461. The standard InChI is InChI=1S/C15H25N5O/c1-12-10-13(19-14(16)18-12)17-11-15(4-2-3-5-15)20-6-8-21-9-7-20/h10H,2-9,11H2,1H3,(H3,16,17,18,19). The van der Waals surface area contributed by atoms with Crippen LogP contribution in [0.25, 0.3) is 0 Å². The zero-order valence-electron chi connectivity index (χ0n) is 12.8. The number of anilines is 2. The van der Waals surface area contributed by atoms with E-state index in [-0.39, 0.29) is 5.54 Å². The van der Waals surface area contributed by atoms with Crippen LogP contribution in [0.5, 0.6) is 0 Å². The first-order valence-corrected chi connectivity index (χ1v) is 7.86. The van der Waals surface area contributed by atoms with Crippen molar-refractivity contribution < 1.29 is 4.74 Å². The predicted octanol–water partition coefficient (Wildman–Crippen LogP) is 1.42. The minimum Gasteiger partial charge on any atom is -0.379 e. The van der Waals surface area contributed by atoms with Crippen molar-refractivity contribution in [3.8, 4) is 0 Å². The van der Waals surface area contributed by atoms with Crippen molar-refractivity contribution >= 4 is 11.8 Å². The van der Waals surface area contributed by atoms with Gasteiger partial charge in [0.2, 0.25) is 5.95 Å². The second kappa shape index (κ2) is 6.15. The molecule has 2 fully saturated rings. The number of aryl methyl sites for hydroxylation is 1. The molecule has 21 heavy (non-hydrogen) atoms. The lowest BCUT2D eigenvalue weighted by Crippen LogP contribution is -2.55. The van der Waals surface area contributed by atoms with Gasteiger partial charge in [0.15, 0.2) is 0 Å². The van der Waals surface area contributed by atoms with Crippen LogP contribution < -0.4 is 11.1 Å². The van der Waals surface area contributed by atoms with Crippen LogP contribution in [0.15, 0.2) is 6.07 Å². The zero-order chi connectivity index (χ0) is 14.7. The van der Waals surface area contributed by atoms with Crippen molar-refractivity contribution in [1.29, 1.82) is 0 Å². The smallest absolute Gasteiger partial charge is 0.222 e. The molecule has 6 heteroatoms. The lowest BCUT2D eigenvalue weighted by atomic mass is 9.94. The second-order valence-electron chi connectivity index (χ2n) is 6.14. The number of morpholine rings is 1. The van der Waals surface area contributed by atoms with Crippen LogP contribution in [0.3, 0.4) is 0 Å². The highest BCUT2D eigenvalue weighted by Crippen LogP contribution is 2.36. The number of hydrogen-bond donors (Lipinski definition) is 2. The first-order valence-electron chi connectivity index (χ1n) is 7.86. The highest BCUT2D eigenvalue weighted by atomic mass is 16.5. The van der Waals surface area contributed by atoms with Gasteiger partial charge in [0, 0.05) is 36.9 Å². The van der Waals surface area contributed by atoms with Crippen LogP contribution in [0.2, 0.25) is 0 Å². The molecule has 1 saturated heterocycles. The van der Waals surface area contributed by atoms with Crippen molar-refractivity contribution in [3.63, 3.8) is 0 Å². The fourth-order valence-corrected chi connectivity index (χ4v) is 3.61. The van der Waals surface area contributed by atoms with Crippen LogP contribution in [0, 0.1) is 6.92 Å². The Labute approximate surface area is 126 Å². The fourth-order valence-electron chi connectivity index (χ4n) is 3.61. The van der Waals surface area contributed by atoms with E-state index in [2.05, 4.69) is 20.2 Å². The van der Waals surface area contributed by atoms with Gasteiger partial charge in [-0.2, -0.15) is 4.98 Å².